The molecule has 0 aromatic heterocycles. The number of hydrogen-bond donors (Lipinski definition) is 3. The summed E-state index contributed by atoms with van der Waals surface area (Å²) in [5.74, 6) is -1.29. The fourth-order valence-corrected chi connectivity index (χ4v) is 1.15. The molecule has 0 spiro atoms. The molecule has 0 aliphatic heterocycles. The molecule has 7 heteroatoms. The number of urea groups is 1. The molecule has 3 N–H and O–H groups in total. The van der Waals surface area contributed by atoms with E-state index in [1.807, 2.05) is 20.8 Å². The highest BCUT2D eigenvalue weighted by atomic mass is 16.5. The zero-order valence-electron chi connectivity index (χ0n) is 11.7. The smallest absolute Gasteiger partial charge is 0.326 e. The van der Waals surface area contributed by atoms with Crippen LogP contribution in [-0.2, 0) is 14.3 Å². The van der Waals surface area contributed by atoms with Crippen molar-refractivity contribution in [1.82, 2.24) is 10.6 Å². The largest absolute Gasteiger partial charge is 0.480 e. The maximum absolute atomic E-state index is 11.5. The van der Waals surface area contributed by atoms with Crippen molar-refractivity contribution < 1.29 is 24.2 Å². The van der Waals surface area contributed by atoms with Gasteiger partial charge in [0.2, 0.25) is 0 Å². The Labute approximate surface area is 112 Å². The summed E-state index contributed by atoms with van der Waals surface area (Å²) in [6, 6.07) is -1.90. The van der Waals surface area contributed by atoms with Crippen molar-refractivity contribution >= 4 is 18.0 Å². The number of methoxy groups -OCH3 is 1. The van der Waals surface area contributed by atoms with Crippen LogP contribution in [0, 0.1) is 11.8 Å². The van der Waals surface area contributed by atoms with E-state index < -0.39 is 30.4 Å². The molecule has 0 fully saturated rings. The van der Waals surface area contributed by atoms with E-state index >= 15 is 0 Å². The van der Waals surface area contributed by atoms with Gasteiger partial charge in [0.25, 0.3) is 0 Å². The first-order valence-electron chi connectivity index (χ1n) is 6.11. The molecule has 7 nitrogen and oxygen atoms in total. The van der Waals surface area contributed by atoms with Crippen molar-refractivity contribution in [3.63, 3.8) is 0 Å². The first-order chi connectivity index (χ1) is 8.77. The molecule has 0 rings (SSSR count). The number of nitrogens with one attached hydrogen (secondary N) is 2. The normalized spacial score (nSPS) is 13.5. The van der Waals surface area contributed by atoms with Crippen molar-refractivity contribution in [3.05, 3.63) is 0 Å². The minimum atomic E-state index is -1.29. The number of rotatable bonds is 7. The molecule has 2 amide bonds. The molecule has 0 bridgehead atoms. The Morgan fingerprint density at radius 1 is 1.21 bits per heavy atom. The molecule has 2 atom stereocenters. The molecule has 0 radical (unpaired) electrons. The van der Waals surface area contributed by atoms with Crippen molar-refractivity contribution in [3.8, 4) is 0 Å². The molecular formula is C12H22N2O5. The SMILES string of the molecule is COC(=O)C[C@H](NC(=O)NCC(C)C(C)C)C(=O)O. The Balaban J connectivity index is 4.25. The Hall–Kier alpha value is -1.79. The monoisotopic (exact) mass is 274 g/mol. The molecule has 0 aromatic carbocycles. The minimum Gasteiger partial charge on any atom is -0.480 e. The molecule has 0 aliphatic rings. The maximum Gasteiger partial charge on any atom is 0.326 e. The van der Waals surface area contributed by atoms with E-state index in [0.29, 0.717) is 12.5 Å². The van der Waals surface area contributed by atoms with Gasteiger partial charge in [0.15, 0.2) is 0 Å². The highest BCUT2D eigenvalue weighted by molar-refractivity contribution is 5.86. The molecule has 19 heavy (non-hydrogen) atoms. The lowest BCUT2D eigenvalue weighted by molar-refractivity contribution is -0.147. The fourth-order valence-electron chi connectivity index (χ4n) is 1.15. The first kappa shape index (κ1) is 17.2. The molecule has 0 saturated carbocycles. The summed E-state index contributed by atoms with van der Waals surface area (Å²) in [7, 11) is 1.16. The van der Waals surface area contributed by atoms with Crippen LogP contribution in [0.3, 0.4) is 0 Å². The Morgan fingerprint density at radius 2 is 1.79 bits per heavy atom. The van der Waals surface area contributed by atoms with Gasteiger partial charge in [0, 0.05) is 6.54 Å². The van der Waals surface area contributed by atoms with Gasteiger partial charge in [-0.25, -0.2) is 9.59 Å². The zero-order chi connectivity index (χ0) is 15.0. The first-order valence-corrected chi connectivity index (χ1v) is 6.11. The highest BCUT2D eigenvalue weighted by Crippen LogP contribution is 2.07. The maximum atomic E-state index is 11.5. The Kier molecular flexibility index (Phi) is 7.55. The summed E-state index contributed by atoms with van der Waals surface area (Å²) in [4.78, 5) is 33.4. The second kappa shape index (κ2) is 8.34. The number of esters is 1. The predicted molar refractivity (Wildman–Crippen MR) is 68.6 cm³/mol. The number of ether oxygens (including phenoxy) is 1. The van der Waals surface area contributed by atoms with Crippen LogP contribution < -0.4 is 10.6 Å². The van der Waals surface area contributed by atoms with E-state index in [-0.39, 0.29) is 5.92 Å². The molecule has 110 valence electrons. The van der Waals surface area contributed by atoms with Gasteiger partial charge in [-0.1, -0.05) is 20.8 Å². The molecule has 0 aliphatic carbocycles. The summed E-state index contributed by atoms with van der Waals surface area (Å²) in [5.41, 5.74) is 0. The molecule has 0 aromatic rings. The van der Waals surface area contributed by atoms with Crippen LogP contribution in [0.25, 0.3) is 0 Å². The molecule has 1 unspecified atom stereocenters. The van der Waals surface area contributed by atoms with E-state index in [4.69, 9.17) is 5.11 Å². The van der Waals surface area contributed by atoms with E-state index in [1.165, 1.54) is 0 Å². The van der Waals surface area contributed by atoms with Crippen LogP contribution in [0.2, 0.25) is 0 Å². The summed E-state index contributed by atoms with van der Waals surface area (Å²) < 4.78 is 4.37. The standard InChI is InChI=1S/C12H22N2O5/c1-7(2)8(3)6-13-12(18)14-9(11(16)17)5-10(15)19-4/h7-9H,5-6H2,1-4H3,(H,16,17)(H2,13,14,18)/t8?,9-/m0/s1. The Morgan fingerprint density at radius 3 is 2.21 bits per heavy atom. The van der Waals surface area contributed by atoms with E-state index in [0.717, 1.165) is 7.11 Å². The van der Waals surface area contributed by atoms with Gasteiger partial charge in [0.1, 0.15) is 6.04 Å². The van der Waals surface area contributed by atoms with Crippen LogP contribution in [0.1, 0.15) is 27.2 Å². The quantitative estimate of drug-likeness (QED) is 0.589. The number of hydrogen-bond acceptors (Lipinski definition) is 4. The van der Waals surface area contributed by atoms with Gasteiger partial charge in [-0.15, -0.1) is 0 Å². The number of aliphatic carboxylic acids is 1. The lowest BCUT2D eigenvalue weighted by Crippen LogP contribution is -2.48. The van der Waals surface area contributed by atoms with Crippen molar-refractivity contribution in [2.75, 3.05) is 13.7 Å². The van der Waals surface area contributed by atoms with Gasteiger partial charge in [-0.2, -0.15) is 0 Å². The topological polar surface area (TPSA) is 105 Å². The van der Waals surface area contributed by atoms with Crippen LogP contribution in [0.4, 0.5) is 4.79 Å². The van der Waals surface area contributed by atoms with E-state index in [1.54, 1.807) is 0 Å². The van der Waals surface area contributed by atoms with Gasteiger partial charge in [0.05, 0.1) is 13.5 Å². The number of amides is 2. The fraction of sp³-hybridized carbons (Fsp3) is 0.750. The van der Waals surface area contributed by atoms with E-state index in [9.17, 15) is 14.4 Å². The zero-order valence-corrected chi connectivity index (χ0v) is 11.7. The number of carboxylic acids is 1. The number of carbonyl (C=O) groups is 3. The summed E-state index contributed by atoms with van der Waals surface area (Å²) >= 11 is 0. The van der Waals surface area contributed by atoms with Gasteiger partial charge in [-0.05, 0) is 11.8 Å². The molecular weight excluding hydrogens is 252 g/mol. The number of carbonyl (C=O) groups excluding carboxylic acids is 2. The van der Waals surface area contributed by atoms with Crippen LogP contribution in [0.15, 0.2) is 0 Å². The van der Waals surface area contributed by atoms with Gasteiger partial charge in [-0.3, -0.25) is 4.79 Å². The summed E-state index contributed by atoms with van der Waals surface area (Å²) in [5, 5.41) is 13.7. The number of carboxylic acid groups (broad SMARTS) is 1. The second-order valence-electron chi connectivity index (χ2n) is 4.75. The lowest BCUT2D eigenvalue weighted by Gasteiger charge is -2.18. The van der Waals surface area contributed by atoms with Crippen molar-refractivity contribution in [2.45, 2.75) is 33.2 Å². The average Bonchev–Trinajstić information content (AvgIpc) is 2.34. The lowest BCUT2D eigenvalue weighted by atomic mass is 9.98. The van der Waals surface area contributed by atoms with Crippen molar-refractivity contribution in [2.24, 2.45) is 11.8 Å². The van der Waals surface area contributed by atoms with Gasteiger partial charge < -0.3 is 20.5 Å². The second-order valence-corrected chi connectivity index (χ2v) is 4.75. The Bertz CT molecular complexity index is 330. The third-order valence-corrected chi connectivity index (χ3v) is 2.92. The predicted octanol–water partition coefficient (Wildman–Crippen LogP) is 0.594. The van der Waals surface area contributed by atoms with E-state index in [2.05, 4.69) is 15.4 Å². The average molecular weight is 274 g/mol. The third kappa shape index (κ3) is 7.28. The minimum absolute atomic E-state index is 0.273. The van der Waals surface area contributed by atoms with Crippen LogP contribution in [-0.4, -0.2) is 42.8 Å². The summed E-state index contributed by atoms with van der Waals surface area (Å²) in [6.45, 7) is 6.48. The van der Waals surface area contributed by atoms with Gasteiger partial charge >= 0.3 is 18.0 Å². The van der Waals surface area contributed by atoms with Crippen molar-refractivity contribution in [1.29, 1.82) is 0 Å². The van der Waals surface area contributed by atoms with Crippen LogP contribution in [0.5, 0.6) is 0 Å². The molecule has 0 saturated heterocycles. The molecule has 0 heterocycles. The highest BCUT2D eigenvalue weighted by Gasteiger charge is 2.23. The summed E-state index contributed by atoms with van der Waals surface area (Å²) in [6.07, 6.45) is -0.404. The van der Waals surface area contributed by atoms with Crippen LogP contribution >= 0.6 is 0 Å². The third-order valence-electron chi connectivity index (χ3n) is 2.92.